The van der Waals surface area contributed by atoms with Gasteiger partial charge in [-0.1, -0.05) is 12.1 Å². The number of rotatable bonds is 3. The van der Waals surface area contributed by atoms with Crippen LogP contribution in [0.4, 0.5) is 10.5 Å². The number of nitrogens with one attached hydrogen (secondary N) is 2. The molecular formula is C20H18N6O3. The van der Waals surface area contributed by atoms with Crippen LogP contribution in [0.3, 0.4) is 0 Å². The molecule has 0 spiro atoms. The van der Waals surface area contributed by atoms with Crippen molar-refractivity contribution < 1.29 is 9.53 Å². The number of hydrogen-bond acceptors (Lipinski definition) is 5. The van der Waals surface area contributed by atoms with Gasteiger partial charge in [0, 0.05) is 19.3 Å². The number of urea groups is 1. The van der Waals surface area contributed by atoms with Gasteiger partial charge in [-0.25, -0.2) is 14.5 Å². The highest BCUT2D eigenvalue weighted by atomic mass is 16.5. The summed E-state index contributed by atoms with van der Waals surface area (Å²) in [5.41, 5.74) is 1.99. The van der Waals surface area contributed by atoms with E-state index >= 15 is 0 Å². The molecule has 9 nitrogen and oxygen atoms in total. The first kappa shape index (κ1) is 18.5. The molecule has 0 unspecified atom stereocenters. The number of amides is 2. The van der Waals surface area contributed by atoms with E-state index in [2.05, 4.69) is 21.5 Å². The van der Waals surface area contributed by atoms with Crippen molar-refractivity contribution in [3.8, 4) is 23.0 Å². The largest absolute Gasteiger partial charge is 0.378 e. The number of benzene rings is 1. The fourth-order valence-corrected chi connectivity index (χ4v) is 3.03. The van der Waals surface area contributed by atoms with Crippen molar-refractivity contribution in [2.75, 3.05) is 31.6 Å². The molecule has 0 aliphatic carbocycles. The molecule has 3 heterocycles. The number of pyridine rings is 1. The Morgan fingerprint density at radius 3 is 2.59 bits per heavy atom. The van der Waals surface area contributed by atoms with Gasteiger partial charge in [-0.2, -0.15) is 5.26 Å². The lowest BCUT2D eigenvalue weighted by Gasteiger charge is -2.26. The first-order valence-corrected chi connectivity index (χ1v) is 9.07. The monoisotopic (exact) mass is 390 g/mol. The summed E-state index contributed by atoms with van der Waals surface area (Å²) < 4.78 is 6.56. The fraction of sp³-hybridized carbons (Fsp3) is 0.200. The molecule has 9 heteroatoms. The highest BCUT2D eigenvalue weighted by molar-refractivity contribution is 5.89. The number of morpholine rings is 1. The lowest BCUT2D eigenvalue weighted by molar-refractivity contribution is 0.0564. The van der Waals surface area contributed by atoms with Crippen molar-refractivity contribution in [1.82, 2.24) is 19.7 Å². The minimum atomic E-state index is -0.257. The summed E-state index contributed by atoms with van der Waals surface area (Å²) in [7, 11) is 0. The van der Waals surface area contributed by atoms with Gasteiger partial charge in [0.15, 0.2) is 5.82 Å². The molecule has 2 amide bonds. The van der Waals surface area contributed by atoms with Crippen molar-refractivity contribution in [1.29, 1.82) is 5.26 Å². The minimum Gasteiger partial charge on any atom is -0.378 e. The van der Waals surface area contributed by atoms with Crippen LogP contribution in [0.1, 0.15) is 5.56 Å². The maximum Gasteiger partial charge on any atom is 0.322 e. The summed E-state index contributed by atoms with van der Waals surface area (Å²) in [6.07, 6.45) is 3.10. The third-order valence-corrected chi connectivity index (χ3v) is 4.62. The van der Waals surface area contributed by atoms with Gasteiger partial charge in [-0.15, -0.1) is 0 Å². The Balaban J connectivity index is 1.50. The zero-order valence-corrected chi connectivity index (χ0v) is 15.5. The molecule has 3 aromatic rings. The summed E-state index contributed by atoms with van der Waals surface area (Å²) in [5, 5.41) is 14.6. The van der Waals surface area contributed by atoms with Gasteiger partial charge in [-0.3, -0.25) is 9.89 Å². The molecule has 29 heavy (non-hydrogen) atoms. The first-order chi connectivity index (χ1) is 14.2. The number of anilines is 1. The van der Waals surface area contributed by atoms with Gasteiger partial charge in [0.05, 0.1) is 42.3 Å². The molecule has 4 rings (SSSR count). The molecular weight excluding hydrogens is 372 g/mol. The summed E-state index contributed by atoms with van der Waals surface area (Å²) in [6.45, 7) is 2.16. The van der Waals surface area contributed by atoms with Crippen molar-refractivity contribution in [2.24, 2.45) is 0 Å². The Hall–Kier alpha value is -3.90. The first-order valence-electron chi connectivity index (χ1n) is 9.07. The van der Waals surface area contributed by atoms with Crippen LogP contribution in [-0.4, -0.2) is 52.0 Å². The van der Waals surface area contributed by atoms with E-state index in [4.69, 9.17) is 10.00 Å². The lowest BCUT2D eigenvalue weighted by Crippen LogP contribution is -2.43. The highest BCUT2D eigenvalue weighted by Crippen LogP contribution is 2.17. The number of aromatic amines is 1. The average Bonchev–Trinajstić information content (AvgIpc) is 3.16. The predicted octanol–water partition coefficient (Wildman–Crippen LogP) is 1.96. The van der Waals surface area contributed by atoms with E-state index in [0.29, 0.717) is 54.5 Å². The van der Waals surface area contributed by atoms with Crippen molar-refractivity contribution in [2.45, 2.75) is 0 Å². The Bertz CT molecular complexity index is 1100. The number of nitrogens with zero attached hydrogens (tertiary/aromatic N) is 4. The number of ether oxygens (including phenoxy) is 1. The molecule has 1 aliphatic rings. The van der Waals surface area contributed by atoms with Gasteiger partial charge >= 0.3 is 6.03 Å². The molecule has 2 aromatic heterocycles. The normalized spacial score (nSPS) is 13.7. The molecule has 1 aromatic carbocycles. The van der Waals surface area contributed by atoms with E-state index in [0.717, 1.165) is 0 Å². The molecule has 0 bridgehead atoms. The Labute approximate surface area is 166 Å². The van der Waals surface area contributed by atoms with Gasteiger partial charge in [0.1, 0.15) is 0 Å². The maximum absolute atomic E-state index is 12.7. The second-order valence-corrected chi connectivity index (χ2v) is 6.45. The highest BCUT2D eigenvalue weighted by Gasteiger charge is 2.17. The van der Waals surface area contributed by atoms with Crippen LogP contribution in [-0.2, 0) is 4.74 Å². The van der Waals surface area contributed by atoms with Crippen molar-refractivity contribution in [3.05, 3.63) is 64.7 Å². The van der Waals surface area contributed by atoms with E-state index in [1.807, 2.05) is 0 Å². The second kappa shape index (κ2) is 8.00. The SMILES string of the molecule is N#Cc1ccc(-c2c[nH]n(-c3ccc(NC(=O)N4CCOCC4)cn3)c2=O)cc1. The molecule has 0 atom stereocenters. The third-order valence-electron chi connectivity index (χ3n) is 4.62. The van der Waals surface area contributed by atoms with E-state index in [1.165, 1.54) is 10.9 Å². The molecule has 1 saturated heterocycles. The lowest BCUT2D eigenvalue weighted by atomic mass is 10.1. The van der Waals surface area contributed by atoms with E-state index in [-0.39, 0.29) is 11.6 Å². The quantitative estimate of drug-likeness (QED) is 0.709. The van der Waals surface area contributed by atoms with Crippen LogP contribution in [0.5, 0.6) is 0 Å². The fourth-order valence-electron chi connectivity index (χ4n) is 3.03. The molecule has 2 N–H and O–H groups in total. The number of aromatic nitrogens is 3. The van der Waals surface area contributed by atoms with Crippen LogP contribution < -0.4 is 10.9 Å². The Kier molecular flexibility index (Phi) is 5.09. The summed E-state index contributed by atoms with van der Waals surface area (Å²) in [4.78, 5) is 30.9. The van der Waals surface area contributed by atoms with E-state index in [9.17, 15) is 9.59 Å². The Morgan fingerprint density at radius 1 is 1.17 bits per heavy atom. The number of H-pyrrole nitrogens is 1. The van der Waals surface area contributed by atoms with E-state index < -0.39 is 0 Å². The molecule has 1 aliphatic heterocycles. The standard InChI is InChI=1S/C20H18N6O3/c21-11-14-1-3-15(4-2-14)17-13-23-26(19(17)27)18-6-5-16(12-22-18)24-20(28)25-7-9-29-10-8-25/h1-6,12-13,23H,7-10H2,(H,24,28). The zero-order chi connectivity index (χ0) is 20.2. The van der Waals surface area contributed by atoms with Crippen molar-refractivity contribution in [3.63, 3.8) is 0 Å². The third kappa shape index (κ3) is 3.88. The van der Waals surface area contributed by atoms with Crippen molar-refractivity contribution >= 4 is 11.7 Å². The van der Waals surface area contributed by atoms with Gasteiger partial charge in [0.25, 0.3) is 5.56 Å². The average molecular weight is 390 g/mol. The molecule has 0 radical (unpaired) electrons. The Morgan fingerprint density at radius 2 is 1.93 bits per heavy atom. The van der Waals surface area contributed by atoms with Gasteiger partial charge < -0.3 is 15.0 Å². The predicted molar refractivity (Wildman–Crippen MR) is 106 cm³/mol. The number of carbonyl (C=O) groups excluding carboxylic acids is 1. The maximum atomic E-state index is 12.7. The summed E-state index contributed by atoms with van der Waals surface area (Å²) in [6, 6.07) is 12.0. The van der Waals surface area contributed by atoms with Crippen LogP contribution in [0, 0.1) is 11.3 Å². The minimum absolute atomic E-state index is 0.206. The molecule has 1 fully saturated rings. The smallest absolute Gasteiger partial charge is 0.322 e. The molecule has 146 valence electrons. The van der Waals surface area contributed by atoms with Crippen LogP contribution in [0.25, 0.3) is 16.9 Å². The van der Waals surface area contributed by atoms with E-state index in [1.54, 1.807) is 47.5 Å². The van der Waals surface area contributed by atoms with Gasteiger partial charge in [0.2, 0.25) is 0 Å². The molecule has 0 saturated carbocycles. The number of carbonyl (C=O) groups is 1. The summed E-state index contributed by atoms with van der Waals surface area (Å²) in [5.74, 6) is 0.402. The van der Waals surface area contributed by atoms with Gasteiger partial charge in [-0.05, 0) is 29.8 Å². The topological polar surface area (TPSA) is 116 Å². The second-order valence-electron chi connectivity index (χ2n) is 6.45. The number of hydrogen-bond donors (Lipinski definition) is 2. The van der Waals surface area contributed by atoms with Crippen LogP contribution >= 0.6 is 0 Å². The van der Waals surface area contributed by atoms with Crippen LogP contribution in [0.2, 0.25) is 0 Å². The number of nitriles is 1. The summed E-state index contributed by atoms with van der Waals surface area (Å²) >= 11 is 0. The van der Waals surface area contributed by atoms with Crippen LogP contribution in [0.15, 0.2) is 53.6 Å². The zero-order valence-electron chi connectivity index (χ0n) is 15.5.